The largest absolute Gasteiger partial charge is 0.459 e. The average molecular weight is 379 g/mol. The minimum Gasteiger partial charge on any atom is -0.459 e. The van der Waals surface area contributed by atoms with Crippen LogP contribution in [0.4, 0.5) is 0 Å². The molecule has 0 heterocycles. The zero-order valence-electron chi connectivity index (χ0n) is 15.8. The van der Waals surface area contributed by atoms with E-state index < -0.39 is 11.0 Å². The Morgan fingerprint density at radius 1 is 0.741 bits per heavy atom. The smallest absolute Gasteiger partial charge is 0.326 e. The molecule has 3 heteroatoms. The second kappa shape index (κ2) is 7.58. The first-order valence-corrected chi connectivity index (χ1v) is 9.33. The predicted octanol–water partition coefficient (Wildman–Crippen LogP) is 6.02. The van der Waals surface area contributed by atoms with Crippen LogP contribution in [0, 0.1) is 0 Å². The molecule has 2 nitrogen and oxygen atoms in total. The monoisotopic (exact) mass is 378 g/mol. The van der Waals surface area contributed by atoms with Crippen LogP contribution >= 0.6 is 11.6 Å². The Bertz CT molecular complexity index is 872. The average Bonchev–Trinajstić information content (AvgIpc) is 2.64. The third kappa shape index (κ3) is 3.77. The van der Waals surface area contributed by atoms with E-state index in [1.54, 1.807) is 0 Å². The van der Waals surface area contributed by atoms with Crippen molar-refractivity contribution in [2.75, 3.05) is 0 Å². The van der Waals surface area contributed by atoms with Crippen molar-refractivity contribution >= 4 is 17.6 Å². The predicted molar refractivity (Wildman–Crippen MR) is 110 cm³/mol. The maximum Gasteiger partial charge on any atom is 0.326 e. The number of ether oxygens (including phenoxy) is 1. The molecular formula is C24H23ClO2. The molecule has 0 saturated heterocycles. The van der Waals surface area contributed by atoms with Crippen molar-refractivity contribution in [3.8, 4) is 0 Å². The van der Waals surface area contributed by atoms with Gasteiger partial charge >= 0.3 is 5.97 Å². The Kier molecular flexibility index (Phi) is 5.38. The summed E-state index contributed by atoms with van der Waals surface area (Å²) in [5.41, 5.74) is 0.553. The first-order chi connectivity index (χ1) is 12.9. The lowest BCUT2D eigenvalue weighted by molar-refractivity contribution is -0.158. The number of hydrogen-bond acceptors (Lipinski definition) is 2. The van der Waals surface area contributed by atoms with Crippen LogP contribution in [0.5, 0.6) is 0 Å². The lowest BCUT2D eigenvalue weighted by Gasteiger charge is -2.36. The molecule has 3 aromatic rings. The standard InChI is InChI=1S/C24H23ClO2/c1-23(2,3)27-22(26)24(18-12-6-4-7-13-18,19-14-8-5-9-15-19)20-16-10-11-17-21(20)25/h4-17H,1-3H3. The Balaban J connectivity index is 2.39. The van der Waals surface area contributed by atoms with Crippen molar-refractivity contribution < 1.29 is 9.53 Å². The fraction of sp³-hybridized carbons (Fsp3) is 0.208. The molecule has 0 aliphatic carbocycles. The molecule has 0 fully saturated rings. The van der Waals surface area contributed by atoms with Crippen LogP contribution in [0.25, 0.3) is 0 Å². The van der Waals surface area contributed by atoms with Crippen molar-refractivity contribution in [3.63, 3.8) is 0 Å². The molecule has 0 unspecified atom stereocenters. The van der Waals surface area contributed by atoms with Crippen molar-refractivity contribution in [2.45, 2.75) is 31.8 Å². The number of carbonyl (C=O) groups excluding carboxylic acids is 1. The van der Waals surface area contributed by atoms with Crippen LogP contribution in [0.15, 0.2) is 84.9 Å². The minimum absolute atomic E-state index is 0.347. The van der Waals surface area contributed by atoms with Gasteiger partial charge in [0.25, 0.3) is 0 Å². The highest BCUT2D eigenvalue weighted by molar-refractivity contribution is 6.32. The van der Waals surface area contributed by atoms with Gasteiger partial charge in [-0.05, 0) is 43.5 Å². The molecule has 0 atom stereocenters. The van der Waals surface area contributed by atoms with E-state index in [0.717, 1.165) is 11.1 Å². The number of benzene rings is 3. The summed E-state index contributed by atoms with van der Waals surface area (Å²) >= 11 is 6.62. The van der Waals surface area contributed by atoms with E-state index in [9.17, 15) is 4.79 Å². The highest BCUT2D eigenvalue weighted by Gasteiger charge is 2.47. The van der Waals surface area contributed by atoms with E-state index in [2.05, 4.69) is 0 Å². The van der Waals surface area contributed by atoms with Crippen LogP contribution in [0.2, 0.25) is 5.02 Å². The molecule has 3 aromatic carbocycles. The summed E-state index contributed by atoms with van der Waals surface area (Å²) in [6.45, 7) is 5.62. The first kappa shape index (κ1) is 19.2. The van der Waals surface area contributed by atoms with Crippen LogP contribution in [0.3, 0.4) is 0 Å². The molecule has 0 amide bonds. The Labute approximate surface area is 165 Å². The fourth-order valence-electron chi connectivity index (χ4n) is 3.32. The topological polar surface area (TPSA) is 26.3 Å². The molecule has 0 aliphatic heterocycles. The number of rotatable bonds is 4. The van der Waals surface area contributed by atoms with Crippen LogP contribution in [-0.4, -0.2) is 11.6 Å². The quantitative estimate of drug-likeness (QED) is 0.410. The lowest BCUT2D eigenvalue weighted by atomic mass is 9.69. The number of hydrogen-bond donors (Lipinski definition) is 0. The number of esters is 1. The summed E-state index contributed by atoms with van der Waals surface area (Å²) in [5, 5.41) is 0.524. The van der Waals surface area contributed by atoms with Gasteiger partial charge in [0.05, 0.1) is 0 Å². The Morgan fingerprint density at radius 2 is 1.19 bits per heavy atom. The summed E-state index contributed by atoms with van der Waals surface area (Å²) in [7, 11) is 0. The van der Waals surface area contributed by atoms with Gasteiger partial charge in [-0.25, -0.2) is 0 Å². The van der Waals surface area contributed by atoms with E-state index in [-0.39, 0.29) is 5.97 Å². The molecule has 0 aliphatic rings. The third-order valence-corrected chi connectivity index (χ3v) is 4.73. The van der Waals surface area contributed by atoms with Gasteiger partial charge in [-0.3, -0.25) is 4.79 Å². The summed E-state index contributed by atoms with van der Waals surface area (Å²) in [6, 6.07) is 26.8. The van der Waals surface area contributed by atoms with E-state index in [1.807, 2.05) is 106 Å². The van der Waals surface area contributed by atoms with Crippen LogP contribution in [0.1, 0.15) is 37.5 Å². The second-order valence-corrected chi connectivity index (χ2v) is 7.87. The van der Waals surface area contributed by atoms with Crippen LogP contribution < -0.4 is 0 Å². The van der Waals surface area contributed by atoms with Gasteiger partial charge in [-0.2, -0.15) is 0 Å². The number of halogens is 1. The van der Waals surface area contributed by atoms with E-state index in [1.165, 1.54) is 0 Å². The van der Waals surface area contributed by atoms with Gasteiger partial charge in [0, 0.05) is 5.02 Å². The molecule has 3 rings (SSSR count). The Hall–Kier alpha value is -2.58. The first-order valence-electron chi connectivity index (χ1n) is 8.95. The Morgan fingerprint density at radius 3 is 1.63 bits per heavy atom. The fourth-order valence-corrected chi connectivity index (χ4v) is 3.60. The maximum atomic E-state index is 13.8. The summed E-state index contributed by atoms with van der Waals surface area (Å²) in [5.74, 6) is -0.347. The van der Waals surface area contributed by atoms with Crippen molar-refractivity contribution in [1.29, 1.82) is 0 Å². The highest BCUT2D eigenvalue weighted by atomic mass is 35.5. The van der Waals surface area contributed by atoms with Gasteiger partial charge in [-0.15, -0.1) is 0 Å². The van der Waals surface area contributed by atoms with Crippen LogP contribution in [-0.2, 0) is 14.9 Å². The van der Waals surface area contributed by atoms with Crippen molar-refractivity contribution in [2.24, 2.45) is 0 Å². The van der Waals surface area contributed by atoms with E-state index >= 15 is 0 Å². The van der Waals surface area contributed by atoms with Crippen molar-refractivity contribution in [1.82, 2.24) is 0 Å². The second-order valence-electron chi connectivity index (χ2n) is 7.46. The molecule has 0 bridgehead atoms. The van der Waals surface area contributed by atoms with E-state index in [4.69, 9.17) is 16.3 Å². The normalized spacial score (nSPS) is 11.9. The maximum absolute atomic E-state index is 13.8. The molecule has 0 spiro atoms. The highest BCUT2D eigenvalue weighted by Crippen LogP contribution is 2.44. The molecule has 0 aromatic heterocycles. The molecule has 0 N–H and O–H groups in total. The number of carbonyl (C=O) groups is 1. The molecular weight excluding hydrogens is 356 g/mol. The molecule has 138 valence electrons. The summed E-state index contributed by atoms with van der Waals surface area (Å²) in [6.07, 6.45) is 0. The third-order valence-electron chi connectivity index (χ3n) is 4.40. The molecule has 27 heavy (non-hydrogen) atoms. The molecule has 0 radical (unpaired) electrons. The van der Waals surface area contributed by atoms with Gasteiger partial charge in [0.15, 0.2) is 0 Å². The summed E-state index contributed by atoms with van der Waals surface area (Å²) in [4.78, 5) is 13.8. The van der Waals surface area contributed by atoms with Crippen molar-refractivity contribution in [3.05, 3.63) is 107 Å². The SMILES string of the molecule is CC(C)(C)OC(=O)C(c1ccccc1)(c1ccccc1)c1ccccc1Cl. The minimum atomic E-state index is -1.16. The van der Waals surface area contributed by atoms with Gasteiger partial charge < -0.3 is 4.74 Å². The zero-order valence-corrected chi connectivity index (χ0v) is 16.5. The lowest BCUT2D eigenvalue weighted by Crippen LogP contribution is -2.43. The van der Waals surface area contributed by atoms with E-state index in [0.29, 0.717) is 10.6 Å². The van der Waals surface area contributed by atoms with Gasteiger partial charge in [0.2, 0.25) is 0 Å². The molecule has 0 saturated carbocycles. The van der Waals surface area contributed by atoms with Gasteiger partial charge in [-0.1, -0.05) is 90.5 Å². The van der Waals surface area contributed by atoms with Gasteiger partial charge in [0.1, 0.15) is 11.0 Å². The summed E-state index contributed by atoms with van der Waals surface area (Å²) < 4.78 is 5.92. The zero-order chi connectivity index (χ0) is 19.5.